The molecule has 2 rings (SSSR count). The molecule has 2 heterocycles. The summed E-state index contributed by atoms with van der Waals surface area (Å²) in [5.74, 6) is 0. The highest BCUT2D eigenvalue weighted by molar-refractivity contribution is 7.14. The van der Waals surface area contributed by atoms with Crippen LogP contribution in [0.5, 0.6) is 0 Å². The van der Waals surface area contributed by atoms with Crippen LogP contribution in [0.15, 0.2) is 22.2 Å². The Kier molecular flexibility index (Phi) is 2.23. The van der Waals surface area contributed by atoms with Crippen molar-refractivity contribution in [2.24, 2.45) is 0 Å². The van der Waals surface area contributed by atoms with E-state index in [0.717, 1.165) is 11.4 Å². The third-order valence-electron chi connectivity index (χ3n) is 1.68. The molecular weight excluding hydrogens is 186 g/mol. The largest absolute Gasteiger partial charge is 0.241 e. The highest BCUT2D eigenvalue weighted by Gasteiger charge is 2.02. The number of rotatable bonds is 2. The molecule has 0 saturated carbocycles. The SMILES string of the molecule is CCc1csc(-c2ccsc2)n1. The van der Waals surface area contributed by atoms with E-state index in [-0.39, 0.29) is 0 Å². The summed E-state index contributed by atoms with van der Waals surface area (Å²) in [4.78, 5) is 4.50. The van der Waals surface area contributed by atoms with Crippen LogP contribution in [0.2, 0.25) is 0 Å². The molecule has 0 amide bonds. The molecule has 0 aliphatic heterocycles. The van der Waals surface area contributed by atoms with E-state index in [1.807, 2.05) is 0 Å². The second-order valence-electron chi connectivity index (χ2n) is 2.51. The molecule has 0 unspecified atom stereocenters. The van der Waals surface area contributed by atoms with E-state index in [2.05, 4.69) is 34.1 Å². The molecule has 0 atom stereocenters. The Balaban J connectivity index is 2.35. The molecular formula is C9H9NS2. The van der Waals surface area contributed by atoms with Crippen molar-refractivity contribution >= 4 is 22.7 Å². The van der Waals surface area contributed by atoms with Gasteiger partial charge in [-0.05, 0) is 17.9 Å². The summed E-state index contributed by atoms with van der Waals surface area (Å²) in [5, 5.41) is 7.50. The van der Waals surface area contributed by atoms with Gasteiger partial charge in [-0.1, -0.05) is 6.92 Å². The van der Waals surface area contributed by atoms with Crippen molar-refractivity contribution in [3.63, 3.8) is 0 Å². The highest BCUT2D eigenvalue weighted by Crippen LogP contribution is 2.25. The van der Waals surface area contributed by atoms with Crippen LogP contribution in [-0.2, 0) is 6.42 Å². The molecule has 0 aliphatic carbocycles. The van der Waals surface area contributed by atoms with E-state index in [4.69, 9.17) is 0 Å². The Morgan fingerprint density at radius 1 is 1.42 bits per heavy atom. The quantitative estimate of drug-likeness (QED) is 0.715. The first-order valence-corrected chi connectivity index (χ1v) is 5.69. The van der Waals surface area contributed by atoms with Gasteiger partial charge < -0.3 is 0 Å². The lowest BCUT2D eigenvalue weighted by molar-refractivity contribution is 1.07. The molecule has 1 nitrogen and oxygen atoms in total. The van der Waals surface area contributed by atoms with Crippen molar-refractivity contribution in [1.82, 2.24) is 4.98 Å². The van der Waals surface area contributed by atoms with Gasteiger partial charge in [-0.15, -0.1) is 11.3 Å². The topological polar surface area (TPSA) is 12.9 Å². The third-order valence-corrected chi connectivity index (χ3v) is 3.31. The van der Waals surface area contributed by atoms with E-state index in [1.54, 1.807) is 22.7 Å². The minimum absolute atomic E-state index is 1.03. The van der Waals surface area contributed by atoms with Gasteiger partial charge in [-0.3, -0.25) is 0 Å². The predicted octanol–water partition coefficient (Wildman–Crippen LogP) is 3.43. The number of thiophene rings is 1. The molecule has 0 spiro atoms. The molecule has 0 saturated heterocycles. The van der Waals surface area contributed by atoms with E-state index < -0.39 is 0 Å². The fraction of sp³-hybridized carbons (Fsp3) is 0.222. The lowest BCUT2D eigenvalue weighted by atomic mass is 10.3. The molecule has 0 N–H and O–H groups in total. The van der Waals surface area contributed by atoms with Crippen LogP contribution < -0.4 is 0 Å². The normalized spacial score (nSPS) is 10.4. The van der Waals surface area contributed by atoms with Crippen molar-refractivity contribution in [1.29, 1.82) is 0 Å². The third kappa shape index (κ3) is 1.42. The van der Waals surface area contributed by atoms with Gasteiger partial charge in [0.05, 0.1) is 5.69 Å². The van der Waals surface area contributed by atoms with Gasteiger partial charge in [0.2, 0.25) is 0 Å². The summed E-state index contributed by atoms with van der Waals surface area (Å²) >= 11 is 3.45. The standard InChI is InChI=1S/C9H9NS2/c1-2-8-6-12-9(10-8)7-3-4-11-5-7/h3-6H,2H2,1H3. The van der Waals surface area contributed by atoms with Crippen LogP contribution >= 0.6 is 22.7 Å². The summed E-state index contributed by atoms with van der Waals surface area (Å²) in [6, 6.07) is 2.11. The Morgan fingerprint density at radius 3 is 2.92 bits per heavy atom. The first kappa shape index (κ1) is 7.95. The highest BCUT2D eigenvalue weighted by atomic mass is 32.1. The minimum atomic E-state index is 1.03. The molecule has 12 heavy (non-hydrogen) atoms. The zero-order chi connectivity index (χ0) is 8.39. The number of hydrogen-bond donors (Lipinski definition) is 0. The maximum absolute atomic E-state index is 4.50. The van der Waals surface area contributed by atoms with Crippen LogP contribution in [-0.4, -0.2) is 4.98 Å². The fourth-order valence-corrected chi connectivity index (χ4v) is 2.60. The van der Waals surface area contributed by atoms with Crippen molar-refractivity contribution in [3.05, 3.63) is 27.9 Å². The first-order chi connectivity index (χ1) is 5.90. The molecule has 62 valence electrons. The second-order valence-corrected chi connectivity index (χ2v) is 4.15. The number of thiazole rings is 1. The number of aryl methyl sites for hydroxylation is 1. The maximum Gasteiger partial charge on any atom is 0.124 e. The van der Waals surface area contributed by atoms with Crippen LogP contribution in [0.1, 0.15) is 12.6 Å². The Labute approximate surface area is 79.7 Å². The van der Waals surface area contributed by atoms with E-state index in [1.165, 1.54) is 11.3 Å². The molecule has 3 heteroatoms. The van der Waals surface area contributed by atoms with Crippen molar-refractivity contribution in [2.45, 2.75) is 13.3 Å². The molecule has 0 bridgehead atoms. The maximum atomic E-state index is 4.50. The van der Waals surface area contributed by atoms with Crippen LogP contribution in [0.25, 0.3) is 10.6 Å². The molecule has 0 aliphatic rings. The second kappa shape index (κ2) is 3.37. The van der Waals surface area contributed by atoms with E-state index in [0.29, 0.717) is 0 Å². The van der Waals surface area contributed by atoms with Crippen LogP contribution in [0, 0.1) is 0 Å². The smallest absolute Gasteiger partial charge is 0.124 e. The van der Waals surface area contributed by atoms with E-state index in [9.17, 15) is 0 Å². The van der Waals surface area contributed by atoms with Crippen molar-refractivity contribution < 1.29 is 0 Å². The first-order valence-electron chi connectivity index (χ1n) is 3.87. The summed E-state index contributed by atoms with van der Waals surface area (Å²) < 4.78 is 0. The number of nitrogens with zero attached hydrogens (tertiary/aromatic N) is 1. The monoisotopic (exact) mass is 195 g/mol. The number of aromatic nitrogens is 1. The Bertz CT molecular complexity index is 348. The van der Waals surface area contributed by atoms with Gasteiger partial charge in [0, 0.05) is 16.3 Å². The molecule has 0 radical (unpaired) electrons. The van der Waals surface area contributed by atoms with Crippen molar-refractivity contribution in [2.75, 3.05) is 0 Å². The Hall–Kier alpha value is -0.670. The van der Waals surface area contributed by atoms with Crippen LogP contribution in [0.4, 0.5) is 0 Å². The molecule has 2 aromatic heterocycles. The van der Waals surface area contributed by atoms with Gasteiger partial charge in [-0.25, -0.2) is 4.98 Å². The zero-order valence-corrected chi connectivity index (χ0v) is 8.41. The summed E-state index contributed by atoms with van der Waals surface area (Å²) in [7, 11) is 0. The average molecular weight is 195 g/mol. The lowest BCUT2D eigenvalue weighted by Crippen LogP contribution is -1.77. The predicted molar refractivity (Wildman–Crippen MR) is 54.8 cm³/mol. The molecule has 2 aromatic rings. The van der Waals surface area contributed by atoms with Crippen molar-refractivity contribution in [3.8, 4) is 10.6 Å². The van der Waals surface area contributed by atoms with Gasteiger partial charge in [0.25, 0.3) is 0 Å². The minimum Gasteiger partial charge on any atom is -0.241 e. The average Bonchev–Trinajstić information content (AvgIpc) is 2.75. The van der Waals surface area contributed by atoms with Gasteiger partial charge in [0.1, 0.15) is 5.01 Å². The molecule has 0 fully saturated rings. The zero-order valence-electron chi connectivity index (χ0n) is 6.78. The fourth-order valence-electron chi connectivity index (χ4n) is 0.988. The van der Waals surface area contributed by atoms with Gasteiger partial charge >= 0.3 is 0 Å². The Morgan fingerprint density at radius 2 is 2.33 bits per heavy atom. The van der Waals surface area contributed by atoms with Crippen LogP contribution in [0.3, 0.4) is 0 Å². The lowest BCUT2D eigenvalue weighted by Gasteiger charge is -1.86. The van der Waals surface area contributed by atoms with Gasteiger partial charge in [-0.2, -0.15) is 11.3 Å². The molecule has 0 aromatic carbocycles. The van der Waals surface area contributed by atoms with Gasteiger partial charge in [0.15, 0.2) is 0 Å². The van der Waals surface area contributed by atoms with E-state index >= 15 is 0 Å². The number of hydrogen-bond acceptors (Lipinski definition) is 3. The summed E-state index contributed by atoms with van der Waals surface area (Å²) in [5.41, 5.74) is 2.45. The summed E-state index contributed by atoms with van der Waals surface area (Å²) in [6.45, 7) is 2.13. The summed E-state index contributed by atoms with van der Waals surface area (Å²) in [6.07, 6.45) is 1.03.